The van der Waals surface area contributed by atoms with Gasteiger partial charge in [0.15, 0.2) is 11.5 Å². The molecule has 1 aliphatic carbocycles. The zero-order valence-electron chi connectivity index (χ0n) is 19.7. The second-order valence-corrected chi connectivity index (χ2v) is 9.16. The highest BCUT2D eigenvalue weighted by Gasteiger charge is 2.32. The summed E-state index contributed by atoms with van der Waals surface area (Å²) in [6.07, 6.45) is 5.81. The summed E-state index contributed by atoms with van der Waals surface area (Å²) in [6.45, 7) is 0.312. The van der Waals surface area contributed by atoms with Gasteiger partial charge in [-0.3, -0.25) is 9.59 Å². The summed E-state index contributed by atoms with van der Waals surface area (Å²) < 4.78 is 10.7. The van der Waals surface area contributed by atoms with Crippen LogP contribution in [0.4, 0.5) is 0 Å². The second kappa shape index (κ2) is 12.9. The largest absolute Gasteiger partial charge is 0.493 e. The summed E-state index contributed by atoms with van der Waals surface area (Å²) in [5, 5.41) is 3.74. The van der Waals surface area contributed by atoms with E-state index in [9.17, 15) is 9.59 Å². The molecule has 2 aromatic carbocycles. The Bertz CT molecular complexity index is 962. The molecule has 2 amide bonds. The number of hydrogen-bond donors (Lipinski definition) is 1. The number of nitrogens with zero attached hydrogens (tertiary/aromatic N) is 1. The van der Waals surface area contributed by atoms with Gasteiger partial charge in [-0.15, -0.1) is 11.6 Å². The first-order valence-corrected chi connectivity index (χ1v) is 12.5. The molecule has 3 rings (SSSR count). The van der Waals surface area contributed by atoms with E-state index in [0.29, 0.717) is 35.1 Å². The van der Waals surface area contributed by atoms with E-state index in [1.54, 1.807) is 43.4 Å². The van der Waals surface area contributed by atoms with Crippen LogP contribution >= 0.6 is 23.2 Å². The van der Waals surface area contributed by atoms with Crippen molar-refractivity contribution in [3.63, 3.8) is 0 Å². The second-order valence-electron chi connectivity index (χ2n) is 8.46. The van der Waals surface area contributed by atoms with Crippen LogP contribution in [0.15, 0.2) is 42.5 Å². The number of halogens is 2. The lowest BCUT2D eigenvalue weighted by molar-refractivity contribution is -0.139. The Morgan fingerprint density at radius 1 is 1.03 bits per heavy atom. The molecule has 6 nitrogen and oxygen atoms in total. The van der Waals surface area contributed by atoms with Crippen LogP contribution in [0.2, 0.25) is 5.02 Å². The van der Waals surface area contributed by atoms with Crippen molar-refractivity contribution >= 4 is 35.0 Å². The molecule has 1 unspecified atom stereocenters. The molecule has 1 fully saturated rings. The average molecular weight is 507 g/mol. The van der Waals surface area contributed by atoms with Crippen molar-refractivity contribution in [1.82, 2.24) is 10.2 Å². The first-order chi connectivity index (χ1) is 16.5. The third-order valence-corrected chi connectivity index (χ3v) is 6.70. The van der Waals surface area contributed by atoms with E-state index < -0.39 is 6.04 Å². The maximum atomic E-state index is 13.5. The lowest BCUT2D eigenvalue weighted by Gasteiger charge is -2.33. The van der Waals surface area contributed by atoms with E-state index in [0.717, 1.165) is 31.2 Å². The summed E-state index contributed by atoms with van der Waals surface area (Å²) >= 11 is 12.1. The van der Waals surface area contributed by atoms with E-state index in [1.165, 1.54) is 6.42 Å². The first kappa shape index (κ1) is 26.2. The monoisotopic (exact) mass is 506 g/mol. The van der Waals surface area contributed by atoms with E-state index in [1.807, 2.05) is 18.2 Å². The van der Waals surface area contributed by atoms with Gasteiger partial charge in [-0.05, 0) is 54.7 Å². The molecular weight excluding hydrogens is 475 g/mol. The van der Waals surface area contributed by atoms with Gasteiger partial charge in [0.25, 0.3) is 0 Å². The van der Waals surface area contributed by atoms with Crippen LogP contribution in [0.25, 0.3) is 0 Å². The molecule has 0 aromatic heterocycles. The van der Waals surface area contributed by atoms with Crippen LogP contribution in [-0.4, -0.2) is 49.4 Å². The van der Waals surface area contributed by atoms with Crippen molar-refractivity contribution in [2.24, 2.45) is 0 Å². The number of amides is 2. The number of nitrogens with one attached hydrogen (secondary N) is 1. The van der Waals surface area contributed by atoms with Gasteiger partial charge in [-0.2, -0.15) is 0 Å². The smallest absolute Gasteiger partial charge is 0.247 e. The molecule has 1 N–H and O–H groups in total. The van der Waals surface area contributed by atoms with E-state index in [-0.39, 0.29) is 23.7 Å². The van der Waals surface area contributed by atoms with Crippen molar-refractivity contribution in [3.8, 4) is 11.5 Å². The number of rotatable bonds is 10. The summed E-state index contributed by atoms with van der Waals surface area (Å²) in [4.78, 5) is 28.1. The van der Waals surface area contributed by atoms with Crippen LogP contribution < -0.4 is 14.8 Å². The molecule has 0 saturated heterocycles. The van der Waals surface area contributed by atoms with Crippen LogP contribution in [0.3, 0.4) is 0 Å². The summed E-state index contributed by atoms with van der Waals surface area (Å²) in [7, 11) is 3.16. The summed E-state index contributed by atoms with van der Waals surface area (Å²) in [6, 6.07) is 12.0. The molecule has 0 aliphatic heterocycles. The number of benzene rings is 2. The topological polar surface area (TPSA) is 67.9 Å². The Hall–Kier alpha value is -2.44. The lowest BCUT2D eigenvalue weighted by atomic mass is 9.94. The molecule has 1 saturated carbocycles. The highest BCUT2D eigenvalue weighted by Crippen LogP contribution is 2.29. The van der Waals surface area contributed by atoms with E-state index in [2.05, 4.69) is 5.32 Å². The summed E-state index contributed by atoms with van der Waals surface area (Å²) in [5.41, 5.74) is 1.65. The van der Waals surface area contributed by atoms with Gasteiger partial charge in [0.05, 0.1) is 14.2 Å². The zero-order valence-corrected chi connectivity index (χ0v) is 21.2. The number of methoxy groups -OCH3 is 2. The Morgan fingerprint density at radius 2 is 1.71 bits per heavy atom. The predicted octanol–water partition coefficient (Wildman–Crippen LogP) is 5.16. The van der Waals surface area contributed by atoms with Crippen molar-refractivity contribution in [2.75, 3.05) is 26.6 Å². The molecule has 34 heavy (non-hydrogen) atoms. The van der Waals surface area contributed by atoms with Crippen LogP contribution in [-0.2, 0) is 16.0 Å². The third kappa shape index (κ3) is 6.80. The first-order valence-electron chi connectivity index (χ1n) is 11.6. The number of alkyl halides is 1. The van der Waals surface area contributed by atoms with Crippen molar-refractivity contribution in [2.45, 2.75) is 50.6 Å². The van der Waals surface area contributed by atoms with Crippen molar-refractivity contribution in [3.05, 3.63) is 58.6 Å². The van der Waals surface area contributed by atoms with Gasteiger partial charge in [0, 0.05) is 17.6 Å². The lowest BCUT2D eigenvalue weighted by Crippen LogP contribution is -2.48. The fraction of sp³-hybridized carbons (Fsp3) is 0.462. The van der Waals surface area contributed by atoms with Gasteiger partial charge in [-0.1, -0.05) is 49.1 Å². The Labute approximate surface area is 211 Å². The SMILES string of the molecule is COc1ccc(CCN(C(=O)CCl)C(C(=O)NC2CCCCC2)c2ccc(Cl)cc2)cc1OC. The number of carbonyl (C=O) groups is 2. The van der Waals surface area contributed by atoms with Gasteiger partial charge >= 0.3 is 0 Å². The maximum Gasteiger partial charge on any atom is 0.247 e. The third-order valence-electron chi connectivity index (χ3n) is 6.22. The Morgan fingerprint density at radius 3 is 2.32 bits per heavy atom. The Balaban J connectivity index is 1.87. The molecule has 184 valence electrons. The number of ether oxygens (including phenoxy) is 2. The van der Waals surface area contributed by atoms with Crippen LogP contribution in [0.5, 0.6) is 11.5 Å². The van der Waals surface area contributed by atoms with Crippen LogP contribution in [0.1, 0.15) is 49.3 Å². The average Bonchev–Trinajstić information content (AvgIpc) is 2.87. The normalized spacial score (nSPS) is 14.8. The van der Waals surface area contributed by atoms with Gasteiger partial charge in [0.1, 0.15) is 11.9 Å². The molecule has 0 radical (unpaired) electrons. The molecule has 1 aliphatic rings. The fourth-order valence-corrected chi connectivity index (χ4v) is 4.68. The minimum Gasteiger partial charge on any atom is -0.493 e. The van der Waals surface area contributed by atoms with Crippen molar-refractivity contribution < 1.29 is 19.1 Å². The molecular formula is C26H32Cl2N2O4. The molecule has 0 spiro atoms. The standard InChI is InChI=1S/C26H32Cl2N2O4/c1-33-22-13-8-18(16-23(22)34-2)14-15-30(24(31)17-27)25(19-9-11-20(28)12-10-19)26(32)29-21-6-4-3-5-7-21/h8-13,16,21,25H,3-7,14-15,17H2,1-2H3,(H,29,32). The highest BCUT2D eigenvalue weighted by atomic mass is 35.5. The fourth-order valence-electron chi connectivity index (χ4n) is 4.41. The van der Waals surface area contributed by atoms with Crippen molar-refractivity contribution in [1.29, 1.82) is 0 Å². The minimum absolute atomic E-state index is 0.120. The maximum absolute atomic E-state index is 13.5. The molecule has 2 aromatic rings. The minimum atomic E-state index is -0.800. The Kier molecular flexibility index (Phi) is 9.90. The number of carbonyl (C=O) groups excluding carboxylic acids is 2. The van der Waals surface area contributed by atoms with Crippen LogP contribution in [0, 0.1) is 0 Å². The molecule has 1 atom stereocenters. The number of hydrogen-bond acceptors (Lipinski definition) is 4. The molecule has 0 bridgehead atoms. The van der Waals surface area contributed by atoms with Gasteiger partial charge in [-0.25, -0.2) is 0 Å². The van der Waals surface area contributed by atoms with Gasteiger partial charge < -0.3 is 19.7 Å². The predicted molar refractivity (Wildman–Crippen MR) is 135 cm³/mol. The van der Waals surface area contributed by atoms with E-state index in [4.69, 9.17) is 32.7 Å². The molecule has 8 heteroatoms. The summed E-state index contributed by atoms with van der Waals surface area (Å²) in [5.74, 6) is 0.526. The quantitative estimate of drug-likeness (QED) is 0.452. The highest BCUT2D eigenvalue weighted by molar-refractivity contribution is 6.30. The van der Waals surface area contributed by atoms with Gasteiger partial charge in [0.2, 0.25) is 11.8 Å². The molecule has 0 heterocycles. The van der Waals surface area contributed by atoms with E-state index >= 15 is 0 Å². The zero-order chi connectivity index (χ0) is 24.5.